The van der Waals surface area contributed by atoms with E-state index in [4.69, 9.17) is 14.2 Å². The van der Waals surface area contributed by atoms with E-state index in [0.29, 0.717) is 6.04 Å². The maximum atomic E-state index is 5.56. The van der Waals surface area contributed by atoms with Crippen LogP contribution in [-0.4, -0.2) is 27.1 Å². The maximum absolute atomic E-state index is 5.56. The van der Waals surface area contributed by atoms with Crippen LogP contribution in [0.3, 0.4) is 0 Å². The fourth-order valence-corrected chi connectivity index (χ4v) is 4.31. The third-order valence-corrected chi connectivity index (χ3v) is 5.55. The van der Waals surface area contributed by atoms with Gasteiger partial charge in [0.2, 0.25) is 0 Å². The standard InChI is InChI=1S/C19H23NO3S/c1-21-13-10-17(22-2)15(18(11-13)23-3)12-20-16-8-9-24-19-7-5-4-6-14(16)19/h4-7,10-11,16,20H,8-9,12H2,1-3H3/p+1/t16-/m1/s1. The number of benzene rings is 2. The minimum Gasteiger partial charge on any atom is -0.496 e. The highest BCUT2D eigenvalue weighted by Gasteiger charge is 2.24. The fraction of sp³-hybridized carbons (Fsp3) is 0.368. The molecule has 2 N–H and O–H groups in total. The van der Waals surface area contributed by atoms with Crippen molar-refractivity contribution in [2.75, 3.05) is 27.1 Å². The lowest BCUT2D eigenvalue weighted by atomic mass is 10.0. The molecule has 1 heterocycles. The number of quaternary nitrogens is 1. The lowest BCUT2D eigenvalue weighted by Crippen LogP contribution is -2.84. The molecule has 4 nitrogen and oxygen atoms in total. The van der Waals surface area contributed by atoms with Crippen molar-refractivity contribution >= 4 is 11.8 Å². The summed E-state index contributed by atoms with van der Waals surface area (Å²) in [7, 11) is 5.02. The van der Waals surface area contributed by atoms with Crippen molar-refractivity contribution in [1.82, 2.24) is 0 Å². The molecule has 0 unspecified atom stereocenters. The first-order valence-corrected chi connectivity index (χ1v) is 9.09. The number of hydrogen-bond donors (Lipinski definition) is 1. The van der Waals surface area contributed by atoms with Crippen LogP contribution in [0.1, 0.15) is 23.6 Å². The second-order valence-electron chi connectivity index (χ2n) is 5.73. The molecule has 0 aliphatic carbocycles. The van der Waals surface area contributed by atoms with Crippen molar-refractivity contribution in [3.05, 3.63) is 47.5 Å². The molecule has 128 valence electrons. The average Bonchev–Trinajstić information content (AvgIpc) is 2.65. The van der Waals surface area contributed by atoms with Crippen LogP contribution >= 0.6 is 11.8 Å². The van der Waals surface area contributed by atoms with Gasteiger partial charge in [-0.05, 0) is 6.07 Å². The molecule has 3 rings (SSSR count). The van der Waals surface area contributed by atoms with Gasteiger partial charge >= 0.3 is 0 Å². The lowest BCUT2D eigenvalue weighted by Gasteiger charge is -2.24. The van der Waals surface area contributed by atoms with Gasteiger partial charge in [0, 0.05) is 34.8 Å². The van der Waals surface area contributed by atoms with Gasteiger partial charge in [0.25, 0.3) is 0 Å². The van der Waals surface area contributed by atoms with Gasteiger partial charge in [0.15, 0.2) is 0 Å². The Morgan fingerprint density at radius 2 is 1.75 bits per heavy atom. The molecular weight excluding hydrogens is 322 g/mol. The zero-order valence-electron chi connectivity index (χ0n) is 14.4. The lowest BCUT2D eigenvalue weighted by molar-refractivity contribution is -0.711. The number of methoxy groups -OCH3 is 3. The van der Waals surface area contributed by atoms with E-state index in [-0.39, 0.29) is 0 Å². The van der Waals surface area contributed by atoms with E-state index in [1.807, 2.05) is 23.9 Å². The topological polar surface area (TPSA) is 44.3 Å². The van der Waals surface area contributed by atoms with Crippen LogP contribution in [0.4, 0.5) is 0 Å². The van der Waals surface area contributed by atoms with Gasteiger partial charge in [0.1, 0.15) is 29.8 Å². The quantitative estimate of drug-likeness (QED) is 0.873. The van der Waals surface area contributed by atoms with Crippen molar-refractivity contribution < 1.29 is 19.5 Å². The van der Waals surface area contributed by atoms with Crippen LogP contribution in [0.25, 0.3) is 0 Å². The van der Waals surface area contributed by atoms with Crippen LogP contribution in [0.5, 0.6) is 17.2 Å². The molecule has 24 heavy (non-hydrogen) atoms. The first-order chi connectivity index (χ1) is 11.8. The zero-order valence-corrected chi connectivity index (χ0v) is 15.2. The normalized spacial score (nSPS) is 16.4. The third kappa shape index (κ3) is 3.47. The SMILES string of the molecule is COc1cc(OC)c(C[NH2+][C@@H]2CCSc3ccccc32)c(OC)c1. The number of fused-ring (bicyclic) bond motifs is 1. The Morgan fingerprint density at radius 1 is 1.04 bits per heavy atom. The minimum absolute atomic E-state index is 0.471. The van der Waals surface area contributed by atoms with E-state index in [0.717, 1.165) is 35.1 Å². The maximum Gasteiger partial charge on any atom is 0.135 e. The number of thioether (sulfide) groups is 1. The molecule has 0 bridgehead atoms. The van der Waals surface area contributed by atoms with Crippen LogP contribution in [0.2, 0.25) is 0 Å². The highest BCUT2D eigenvalue weighted by Crippen LogP contribution is 2.35. The summed E-state index contributed by atoms with van der Waals surface area (Å²) in [5, 5.41) is 2.38. The Bertz CT molecular complexity index is 680. The van der Waals surface area contributed by atoms with E-state index in [2.05, 4.69) is 29.6 Å². The van der Waals surface area contributed by atoms with Gasteiger partial charge in [-0.2, -0.15) is 0 Å². The largest absolute Gasteiger partial charge is 0.496 e. The van der Waals surface area contributed by atoms with Crippen LogP contribution in [0.15, 0.2) is 41.3 Å². The summed E-state index contributed by atoms with van der Waals surface area (Å²) in [5.41, 5.74) is 2.50. The Morgan fingerprint density at radius 3 is 2.42 bits per heavy atom. The first-order valence-electron chi connectivity index (χ1n) is 8.10. The van der Waals surface area contributed by atoms with Gasteiger partial charge in [-0.3, -0.25) is 0 Å². The average molecular weight is 346 g/mol. The summed E-state index contributed by atoms with van der Waals surface area (Å²) in [4.78, 5) is 1.40. The van der Waals surface area contributed by atoms with Crippen molar-refractivity contribution in [1.29, 1.82) is 0 Å². The molecule has 1 atom stereocenters. The Kier molecular flexibility index (Phi) is 5.53. The van der Waals surface area contributed by atoms with Gasteiger partial charge in [-0.1, -0.05) is 18.2 Å². The summed E-state index contributed by atoms with van der Waals surface area (Å²) in [6, 6.07) is 13.0. The van der Waals surface area contributed by atoms with E-state index in [1.54, 1.807) is 21.3 Å². The van der Waals surface area contributed by atoms with Crippen LogP contribution in [0, 0.1) is 0 Å². The first kappa shape index (κ1) is 17.0. The molecule has 2 aromatic rings. The van der Waals surface area contributed by atoms with E-state index < -0.39 is 0 Å². The molecular formula is C19H24NO3S+. The van der Waals surface area contributed by atoms with E-state index in [1.165, 1.54) is 16.9 Å². The molecule has 0 spiro atoms. The summed E-state index contributed by atoms with van der Waals surface area (Å²) in [5.74, 6) is 3.52. The zero-order chi connectivity index (χ0) is 16.9. The van der Waals surface area contributed by atoms with Gasteiger partial charge < -0.3 is 19.5 Å². The molecule has 1 aliphatic heterocycles. The number of rotatable bonds is 6. The van der Waals surface area contributed by atoms with Gasteiger partial charge in [-0.15, -0.1) is 11.8 Å². The molecule has 0 aromatic heterocycles. The molecule has 2 aromatic carbocycles. The molecule has 0 amide bonds. The van der Waals surface area contributed by atoms with Crippen molar-refractivity contribution in [2.24, 2.45) is 0 Å². The monoisotopic (exact) mass is 346 g/mol. The fourth-order valence-electron chi connectivity index (χ4n) is 3.15. The predicted molar refractivity (Wildman–Crippen MR) is 96.3 cm³/mol. The highest BCUT2D eigenvalue weighted by molar-refractivity contribution is 7.99. The molecule has 0 saturated carbocycles. The summed E-state index contributed by atoms with van der Waals surface area (Å²) < 4.78 is 16.4. The predicted octanol–water partition coefficient (Wildman–Crippen LogP) is 3.01. The Hall–Kier alpha value is -1.85. The number of hydrogen-bond acceptors (Lipinski definition) is 4. The van der Waals surface area contributed by atoms with Crippen LogP contribution < -0.4 is 19.5 Å². The number of nitrogens with two attached hydrogens (primary N) is 1. The third-order valence-electron chi connectivity index (χ3n) is 4.43. The van der Waals surface area contributed by atoms with E-state index >= 15 is 0 Å². The molecule has 1 aliphatic rings. The molecule has 0 radical (unpaired) electrons. The number of ether oxygens (including phenoxy) is 3. The molecule has 0 saturated heterocycles. The summed E-state index contributed by atoms with van der Waals surface area (Å²) in [6.07, 6.45) is 1.17. The van der Waals surface area contributed by atoms with Crippen molar-refractivity contribution in [2.45, 2.75) is 23.9 Å². The smallest absolute Gasteiger partial charge is 0.135 e. The highest BCUT2D eigenvalue weighted by atomic mass is 32.2. The van der Waals surface area contributed by atoms with Crippen LogP contribution in [-0.2, 0) is 6.54 Å². The Labute approximate surface area is 147 Å². The van der Waals surface area contributed by atoms with Gasteiger partial charge in [-0.25, -0.2) is 0 Å². The van der Waals surface area contributed by atoms with Crippen molar-refractivity contribution in [3.63, 3.8) is 0 Å². The van der Waals surface area contributed by atoms with Gasteiger partial charge in [0.05, 0.1) is 26.9 Å². The molecule has 0 fully saturated rings. The summed E-state index contributed by atoms with van der Waals surface area (Å²) >= 11 is 1.95. The second kappa shape index (κ2) is 7.81. The minimum atomic E-state index is 0.471. The summed E-state index contributed by atoms with van der Waals surface area (Å²) in [6.45, 7) is 0.806. The molecule has 5 heteroatoms. The second-order valence-corrected chi connectivity index (χ2v) is 6.87. The van der Waals surface area contributed by atoms with E-state index in [9.17, 15) is 0 Å². The van der Waals surface area contributed by atoms with Crippen molar-refractivity contribution in [3.8, 4) is 17.2 Å². The Balaban J connectivity index is 1.82.